The van der Waals surface area contributed by atoms with Gasteiger partial charge in [-0.2, -0.15) is 0 Å². The number of carbonyl (C=O) groups excluding carboxylic acids is 2. The van der Waals surface area contributed by atoms with Crippen LogP contribution in [0.2, 0.25) is 0 Å². The molecule has 0 radical (unpaired) electrons. The average Bonchev–Trinajstić information content (AvgIpc) is 2.65. The van der Waals surface area contributed by atoms with E-state index in [4.69, 9.17) is 9.47 Å². The molecule has 19 heavy (non-hydrogen) atoms. The van der Waals surface area contributed by atoms with Gasteiger partial charge in [-0.05, 0) is 35.5 Å². The van der Waals surface area contributed by atoms with Crippen molar-refractivity contribution in [3.05, 3.63) is 28.7 Å². The van der Waals surface area contributed by atoms with Crippen molar-refractivity contribution >= 4 is 29.0 Å². The average molecular weight is 279 g/mol. The number of amides is 2. The molecule has 1 aromatic carbocycles. The molecule has 0 aliphatic carbocycles. The number of benzene rings is 1. The molecule has 0 bridgehead atoms. The van der Waals surface area contributed by atoms with Crippen LogP contribution in [0.15, 0.2) is 23.1 Å². The van der Waals surface area contributed by atoms with Crippen LogP contribution in [0.25, 0.3) is 6.08 Å². The predicted molar refractivity (Wildman–Crippen MR) is 73.3 cm³/mol. The SMILES string of the molecule is COc1cc(/C=C2/SC(=O)N(C)C2=O)cc(OC)c1. The number of hydrogen-bond donors (Lipinski definition) is 0. The van der Waals surface area contributed by atoms with Crippen molar-refractivity contribution in [2.75, 3.05) is 21.3 Å². The lowest BCUT2D eigenvalue weighted by atomic mass is 10.2. The van der Waals surface area contributed by atoms with Gasteiger partial charge in [0.25, 0.3) is 11.1 Å². The summed E-state index contributed by atoms with van der Waals surface area (Å²) < 4.78 is 10.3. The first-order valence-corrected chi connectivity index (χ1v) is 6.31. The quantitative estimate of drug-likeness (QED) is 0.795. The molecule has 1 heterocycles. The molecule has 2 rings (SSSR count). The topological polar surface area (TPSA) is 55.8 Å². The number of thioether (sulfide) groups is 1. The van der Waals surface area contributed by atoms with Gasteiger partial charge in [0.2, 0.25) is 0 Å². The second-order valence-corrected chi connectivity index (χ2v) is 4.88. The molecular weight excluding hydrogens is 266 g/mol. The van der Waals surface area contributed by atoms with Crippen LogP contribution in [0.5, 0.6) is 11.5 Å². The molecule has 0 spiro atoms. The minimum Gasteiger partial charge on any atom is -0.497 e. The van der Waals surface area contributed by atoms with Crippen LogP contribution >= 0.6 is 11.8 Å². The maximum Gasteiger partial charge on any atom is 0.293 e. The van der Waals surface area contributed by atoms with E-state index >= 15 is 0 Å². The third-order valence-corrected chi connectivity index (χ3v) is 3.62. The third kappa shape index (κ3) is 2.73. The maximum atomic E-state index is 11.8. The molecule has 100 valence electrons. The number of methoxy groups -OCH3 is 2. The Hall–Kier alpha value is -1.95. The zero-order valence-electron chi connectivity index (χ0n) is 10.8. The van der Waals surface area contributed by atoms with E-state index < -0.39 is 0 Å². The molecule has 1 saturated heterocycles. The molecular formula is C13H13NO4S. The molecule has 1 aliphatic heterocycles. The molecule has 0 saturated carbocycles. The highest BCUT2D eigenvalue weighted by Crippen LogP contribution is 2.32. The van der Waals surface area contributed by atoms with E-state index in [1.54, 1.807) is 38.5 Å². The lowest BCUT2D eigenvalue weighted by Crippen LogP contribution is -2.22. The molecule has 6 heteroatoms. The Labute approximate surface area is 115 Å². The summed E-state index contributed by atoms with van der Waals surface area (Å²) in [5, 5.41) is -0.272. The van der Waals surface area contributed by atoms with Crippen LogP contribution in [0.4, 0.5) is 4.79 Å². The highest BCUT2D eigenvalue weighted by atomic mass is 32.2. The standard InChI is InChI=1S/C13H13NO4S/c1-14-12(15)11(19-13(14)16)6-8-4-9(17-2)7-10(5-8)18-3/h4-7H,1-3H3/b11-6+. The monoisotopic (exact) mass is 279 g/mol. The second kappa shape index (κ2) is 5.36. The third-order valence-electron chi connectivity index (χ3n) is 2.66. The van der Waals surface area contributed by atoms with Gasteiger partial charge in [0.1, 0.15) is 11.5 Å². The van der Waals surface area contributed by atoms with Gasteiger partial charge in [-0.3, -0.25) is 14.5 Å². The van der Waals surface area contributed by atoms with Gasteiger partial charge in [0.15, 0.2) is 0 Å². The zero-order valence-corrected chi connectivity index (χ0v) is 11.6. The highest BCUT2D eigenvalue weighted by Gasteiger charge is 2.31. The van der Waals surface area contributed by atoms with Crippen LogP contribution in [0.1, 0.15) is 5.56 Å². The van der Waals surface area contributed by atoms with E-state index in [9.17, 15) is 9.59 Å². The maximum absolute atomic E-state index is 11.8. The van der Waals surface area contributed by atoms with Crippen molar-refractivity contribution in [1.82, 2.24) is 4.90 Å². The number of imide groups is 1. The molecule has 5 nitrogen and oxygen atoms in total. The van der Waals surface area contributed by atoms with Gasteiger partial charge >= 0.3 is 0 Å². The number of ether oxygens (including phenoxy) is 2. The number of nitrogens with zero attached hydrogens (tertiary/aromatic N) is 1. The fourth-order valence-corrected chi connectivity index (χ4v) is 2.44. The van der Waals surface area contributed by atoms with Gasteiger partial charge < -0.3 is 9.47 Å². The van der Waals surface area contributed by atoms with Gasteiger partial charge in [0, 0.05) is 13.1 Å². The van der Waals surface area contributed by atoms with Gasteiger partial charge in [0.05, 0.1) is 19.1 Å². The first kappa shape index (κ1) is 13.5. The van der Waals surface area contributed by atoms with Crippen molar-refractivity contribution in [2.24, 2.45) is 0 Å². The van der Waals surface area contributed by atoms with Crippen molar-refractivity contribution in [3.8, 4) is 11.5 Å². The van der Waals surface area contributed by atoms with Crippen LogP contribution in [0, 0.1) is 0 Å². The van der Waals surface area contributed by atoms with Crippen LogP contribution in [0.3, 0.4) is 0 Å². The highest BCUT2D eigenvalue weighted by molar-refractivity contribution is 8.18. The lowest BCUT2D eigenvalue weighted by Gasteiger charge is -2.06. The molecule has 0 atom stereocenters. The Morgan fingerprint density at radius 3 is 2.11 bits per heavy atom. The summed E-state index contributed by atoms with van der Waals surface area (Å²) >= 11 is 0.920. The van der Waals surface area contributed by atoms with Crippen molar-refractivity contribution in [1.29, 1.82) is 0 Å². The zero-order chi connectivity index (χ0) is 14.0. The minimum absolute atomic E-state index is 0.272. The number of likely N-dealkylation sites (N-methyl/N-ethyl adjacent to an activating group) is 1. The fraction of sp³-hybridized carbons (Fsp3) is 0.231. The van der Waals surface area contributed by atoms with Crippen LogP contribution in [-0.4, -0.2) is 37.3 Å². The molecule has 0 N–H and O–H groups in total. The van der Waals surface area contributed by atoms with E-state index in [1.165, 1.54) is 7.05 Å². The largest absolute Gasteiger partial charge is 0.497 e. The Morgan fingerprint density at radius 2 is 1.68 bits per heavy atom. The first-order valence-electron chi connectivity index (χ1n) is 5.50. The molecule has 1 aromatic rings. The van der Waals surface area contributed by atoms with Gasteiger partial charge in [-0.25, -0.2) is 0 Å². The van der Waals surface area contributed by atoms with E-state index in [0.717, 1.165) is 22.2 Å². The summed E-state index contributed by atoms with van der Waals surface area (Å²) in [5.74, 6) is 0.958. The summed E-state index contributed by atoms with van der Waals surface area (Å²) in [6.07, 6.45) is 1.65. The van der Waals surface area contributed by atoms with Gasteiger partial charge in [-0.1, -0.05) is 0 Å². The Balaban J connectivity index is 2.38. The lowest BCUT2D eigenvalue weighted by molar-refractivity contribution is -0.121. The smallest absolute Gasteiger partial charge is 0.293 e. The van der Waals surface area contributed by atoms with E-state index in [2.05, 4.69) is 0 Å². The van der Waals surface area contributed by atoms with E-state index in [0.29, 0.717) is 16.4 Å². The molecule has 1 aliphatic rings. The number of carbonyl (C=O) groups is 2. The van der Waals surface area contributed by atoms with Crippen molar-refractivity contribution < 1.29 is 19.1 Å². The fourth-order valence-electron chi connectivity index (χ4n) is 1.61. The normalized spacial score (nSPS) is 17.2. The summed E-state index contributed by atoms with van der Waals surface area (Å²) in [5.41, 5.74) is 0.746. The summed E-state index contributed by atoms with van der Waals surface area (Å²) in [6, 6.07) is 5.28. The van der Waals surface area contributed by atoms with Crippen LogP contribution < -0.4 is 9.47 Å². The second-order valence-electron chi connectivity index (χ2n) is 3.89. The molecule has 0 aromatic heterocycles. The summed E-state index contributed by atoms with van der Waals surface area (Å²) in [6.45, 7) is 0. The first-order chi connectivity index (χ1) is 9.05. The Morgan fingerprint density at radius 1 is 1.11 bits per heavy atom. The minimum atomic E-state index is -0.295. The van der Waals surface area contributed by atoms with Gasteiger partial charge in [-0.15, -0.1) is 0 Å². The summed E-state index contributed by atoms with van der Waals surface area (Å²) in [4.78, 5) is 24.7. The van der Waals surface area contributed by atoms with Crippen LogP contribution in [-0.2, 0) is 4.79 Å². The predicted octanol–water partition coefficient (Wildman–Crippen LogP) is 2.37. The Kier molecular flexibility index (Phi) is 3.80. The summed E-state index contributed by atoms with van der Waals surface area (Å²) in [7, 11) is 4.57. The van der Waals surface area contributed by atoms with E-state index in [1.807, 2.05) is 0 Å². The molecule has 1 fully saturated rings. The van der Waals surface area contributed by atoms with Crippen molar-refractivity contribution in [3.63, 3.8) is 0 Å². The van der Waals surface area contributed by atoms with Crippen molar-refractivity contribution in [2.45, 2.75) is 0 Å². The molecule has 0 unspecified atom stereocenters. The van der Waals surface area contributed by atoms with E-state index in [-0.39, 0.29) is 11.1 Å². The Bertz CT molecular complexity index is 546. The number of rotatable bonds is 3. The molecule has 2 amide bonds. The number of hydrogen-bond acceptors (Lipinski definition) is 5.